The molecule has 0 spiro atoms. The Morgan fingerprint density at radius 3 is 2.82 bits per heavy atom. The van der Waals surface area contributed by atoms with E-state index in [0.717, 1.165) is 18.8 Å². The molecule has 2 heteroatoms. The lowest BCUT2D eigenvalue weighted by atomic mass is 9.65. The Morgan fingerprint density at radius 2 is 2.18 bits per heavy atom. The third kappa shape index (κ3) is 0.652. The van der Waals surface area contributed by atoms with Crippen LogP contribution in [-0.2, 0) is 9.53 Å². The topological polar surface area (TPSA) is 26.3 Å². The van der Waals surface area contributed by atoms with Crippen molar-refractivity contribution in [3.05, 3.63) is 0 Å². The van der Waals surface area contributed by atoms with Gasteiger partial charge < -0.3 is 4.74 Å². The normalized spacial score (nSPS) is 52.9. The van der Waals surface area contributed by atoms with Gasteiger partial charge in [0.2, 0.25) is 0 Å². The first-order valence-electron chi connectivity index (χ1n) is 4.55. The molecule has 4 fully saturated rings. The first-order chi connectivity index (χ1) is 5.34. The van der Waals surface area contributed by atoms with E-state index in [4.69, 9.17) is 4.74 Å². The van der Waals surface area contributed by atoms with Crippen LogP contribution in [0, 0.1) is 17.8 Å². The Labute approximate surface area is 65.9 Å². The lowest BCUT2D eigenvalue weighted by molar-refractivity contribution is -0.143. The van der Waals surface area contributed by atoms with Crippen molar-refractivity contribution in [1.29, 1.82) is 0 Å². The molecule has 0 aromatic heterocycles. The van der Waals surface area contributed by atoms with E-state index in [2.05, 4.69) is 0 Å². The smallest absolute Gasteiger partial charge is 0.309 e. The summed E-state index contributed by atoms with van der Waals surface area (Å²) in [7, 11) is 0. The maximum absolute atomic E-state index is 11.2. The van der Waals surface area contributed by atoms with E-state index in [9.17, 15) is 4.79 Å². The number of hydrogen-bond donors (Lipinski definition) is 0. The molecule has 1 saturated heterocycles. The van der Waals surface area contributed by atoms with Gasteiger partial charge in [-0.3, -0.25) is 4.79 Å². The van der Waals surface area contributed by atoms with E-state index in [0.29, 0.717) is 17.9 Å². The second-order valence-electron chi connectivity index (χ2n) is 4.16. The third-order valence-electron chi connectivity index (χ3n) is 3.63. The summed E-state index contributed by atoms with van der Waals surface area (Å²) < 4.78 is 5.28. The van der Waals surface area contributed by atoms with Crippen molar-refractivity contribution in [3.63, 3.8) is 0 Å². The lowest BCUT2D eigenvalue weighted by Gasteiger charge is -2.38. The molecule has 3 aliphatic carbocycles. The Balaban J connectivity index is 1.99. The number of ether oxygens (including phenoxy) is 1. The Bertz CT molecular complexity index is 212. The van der Waals surface area contributed by atoms with Crippen LogP contribution in [0.25, 0.3) is 0 Å². The maximum atomic E-state index is 11.2. The number of esters is 1. The van der Waals surface area contributed by atoms with Gasteiger partial charge in [-0.05, 0) is 31.6 Å². The molecule has 11 heavy (non-hydrogen) atoms. The maximum Gasteiger partial charge on any atom is 0.309 e. The number of rotatable bonds is 0. The molecule has 60 valence electrons. The molecule has 4 aliphatic rings. The minimum atomic E-state index is 0.0993. The van der Waals surface area contributed by atoms with Gasteiger partial charge in [-0.1, -0.05) is 0 Å². The number of carbonyl (C=O) groups is 1. The Kier molecular flexibility index (Phi) is 0.984. The average molecular weight is 152 g/mol. The van der Waals surface area contributed by atoms with Gasteiger partial charge in [-0.25, -0.2) is 0 Å². The highest BCUT2D eigenvalue weighted by molar-refractivity contribution is 5.75. The largest absolute Gasteiger partial charge is 0.462 e. The van der Waals surface area contributed by atoms with E-state index in [1.807, 2.05) is 0 Å². The molecule has 1 heterocycles. The predicted molar refractivity (Wildman–Crippen MR) is 38.8 cm³/mol. The molecule has 3 saturated carbocycles. The second kappa shape index (κ2) is 1.79. The zero-order chi connectivity index (χ0) is 7.42. The van der Waals surface area contributed by atoms with Crippen LogP contribution in [-0.4, -0.2) is 12.1 Å². The molecule has 4 rings (SSSR count). The standard InChI is InChI=1S/C9H12O2/c10-9-7-3-5-1-2-6(7)8(4-5)11-9/h5-8H,1-4H2/t5-,6-,7+,8-/m0/s1. The molecular formula is C9H12O2. The van der Waals surface area contributed by atoms with Crippen LogP contribution in [0.15, 0.2) is 0 Å². The second-order valence-corrected chi connectivity index (χ2v) is 4.16. The fourth-order valence-electron chi connectivity index (χ4n) is 3.09. The number of hydrogen-bond acceptors (Lipinski definition) is 2. The van der Waals surface area contributed by atoms with Crippen molar-refractivity contribution in [2.45, 2.75) is 31.8 Å². The molecule has 0 aromatic carbocycles. The van der Waals surface area contributed by atoms with E-state index >= 15 is 0 Å². The quantitative estimate of drug-likeness (QED) is 0.490. The first-order valence-corrected chi connectivity index (χ1v) is 4.55. The fourth-order valence-corrected chi connectivity index (χ4v) is 3.09. The van der Waals surface area contributed by atoms with Gasteiger partial charge in [0.1, 0.15) is 6.10 Å². The molecular weight excluding hydrogens is 140 g/mol. The van der Waals surface area contributed by atoms with Crippen LogP contribution >= 0.6 is 0 Å². The Morgan fingerprint density at radius 1 is 1.27 bits per heavy atom. The van der Waals surface area contributed by atoms with Crippen LogP contribution in [0.2, 0.25) is 0 Å². The number of fused-ring (bicyclic) bond motifs is 1. The molecule has 0 unspecified atom stereocenters. The van der Waals surface area contributed by atoms with Crippen molar-refractivity contribution >= 4 is 5.97 Å². The molecule has 2 nitrogen and oxygen atoms in total. The van der Waals surface area contributed by atoms with Gasteiger partial charge in [0.05, 0.1) is 5.92 Å². The van der Waals surface area contributed by atoms with Gasteiger partial charge in [0.15, 0.2) is 0 Å². The van der Waals surface area contributed by atoms with E-state index in [-0.39, 0.29) is 5.97 Å². The lowest BCUT2D eigenvalue weighted by Crippen LogP contribution is -2.36. The summed E-state index contributed by atoms with van der Waals surface area (Å²) in [6, 6.07) is 0. The summed E-state index contributed by atoms with van der Waals surface area (Å²) in [5.41, 5.74) is 0. The summed E-state index contributed by atoms with van der Waals surface area (Å²) in [6.07, 6.45) is 5.19. The molecule has 4 atom stereocenters. The zero-order valence-electron chi connectivity index (χ0n) is 6.45. The van der Waals surface area contributed by atoms with E-state index in [1.54, 1.807) is 0 Å². The highest BCUT2D eigenvalue weighted by atomic mass is 16.6. The van der Waals surface area contributed by atoms with Crippen LogP contribution in [0.5, 0.6) is 0 Å². The molecule has 4 bridgehead atoms. The zero-order valence-corrected chi connectivity index (χ0v) is 6.45. The highest BCUT2D eigenvalue weighted by Crippen LogP contribution is 2.50. The average Bonchev–Trinajstić information content (AvgIpc) is 2.25. The number of carbonyl (C=O) groups excluding carboxylic acids is 1. The summed E-state index contributed by atoms with van der Waals surface area (Å²) in [6.45, 7) is 0. The molecule has 0 aromatic rings. The van der Waals surface area contributed by atoms with Gasteiger partial charge in [-0.15, -0.1) is 0 Å². The van der Waals surface area contributed by atoms with Gasteiger partial charge >= 0.3 is 5.97 Å². The van der Waals surface area contributed by atoms with Gasteiger partial charge in [-0.2, -0.15) is 0 Å². The van der Waals surface area contributed by atoms with Crippen molar-refractivity contribution in [3.8, 4) is 0 Å². The monoisotopic (exact) mass is 152 g/mol. The highest BCUT2D eigenvalue weighted by Gasteiger charge is 2.52. The van der Waals surface area contributed by atoms with E-state index < -0.39 is 0 Å². The SMILES string of the molecule is O=C1O[C@H]2C[C@H]3CC[C@H]2[C@H]1C3. The third-order valence-corrected chi connectivity index (χ3v) is 3.63. The van der Waals surface area contributed by atoms with Crippen molar-refractivity contribution in [2.24, 2.45) is 17.8 Å². The van der Waals surface area contributed by atoms with E-state index in [1.165, 1.54) is 12.8 Å². The van der Waals surface area contributed by atoms with Crippen molar-refractivity contribution in [2.75, 3.05) is 0 Å². The van der Waals surface area contributed by atoms with Crippen LogP contribution in [0.4, 0.5) is 0 Å². The summed E-state index contributed by atoms with van der Waals surface area (Å²) in [5, 5.41) is 0. The predicted octanol–water partition coefficient (Wildman–Crippen LogP) is 1.35. The molecule has 1 aliphatic heterocycles. The van der Waals surface area contributed by atoms with Crippen LogP contribution in [0.3, 0.4) is 0 Å². The van der Waals surface area contributed by atoms with Gasteiger partial charge in [0, 0.05) is 5.92 Å². The van der Waals surface area contributed by atoms with Crippen LogP contribution < -0.4 is 0 Å². The van der Waals surface area contributed by atoms with Crippen LogP contribution in [0.1, 0.15) is 25.7 Å². The summed E-state index contributed by atoms with van der Waals surface area (Å²) in [4.78, 5) is 11.2. The van der Waals surface area contributed by atoms with Crippen molar-refractivity contribution in [1.82, 2.24) is 0 Å². The minimum Gasteiger partial charge on any atom is -0.462 e. The molecule has 0 amide bonds. The van der Waals surface area contributed by atoms with Crippen molar-refractivity contribution < 1.29 is 9.53 Å². The molecule has 0 radical (unpaired) electrons. The molecule has 0 N–H and O–H groups in total. The van der Waals surface area contributed by atoms with Gasteiger partial charge in [0.25, 0.3) is 0 Å². The first kappa shape index (κ1) is 6.04. The summed E-state index contributed by atoms with van der Waals surface area (Å²) >= 11 is 0. The Hall–Kier alpha value is -0.530. The summed E-state index contributed by atoms with van der Waals surface area (Å²) in [5.74, 6) is 1.81. The fraction of sp³-hybridized carbons (Fsp3) is 0.889. The minimum absolute atomic E-state index is 0.0993.